The molecule has 0 spiro atoms. The zero-order valence-corrected chi connectivity index (χ0v) is 11.8. The Kier molecular flexibility index (Phi) is 2.81. The molecular formula is C17H18N4. The number of benzene rings is 2. The molecule has 0 bridgehead atoms. The number of nitrogen functional groups attached to an aromatic ring is 1. The van der Waals surface area contributed by atoms with Gasteiger partial charge in [0.15, 0.2) is 0 Å². The standard InChI is InChI=1S/C17H18N4/c18-14-9-13-11-19-20-15(13)10-17(14)21-8-4-3-6-12-5-1-2-7-16(12)21/h1-2,5,7,9-11H,3-4,6,8,18H2,(H,19,20). The Labute approximate surface area is 123 Å². The van der Waals surface area contributed by atoms with Crippen molar-refractivity contribution < 1.29 is 0 Å². The number of aromatic amines is 1. The lowest BCUT2D eigenvalue weighted by Gasteiger charge is -2.26. The maximum Gasteiger partial charge on any atom is 0.0672 e. The van der Waals surface area contributed by atoms with Gasteiger partial charge >= 0.3 is 0 Å². The zero-order chi connectivity index (χ0) is 14.2. The van der Waals surface area contributed by atoms with E-state index < -0.39 is 0 Å². The Bertz CT molecular complexity index is 790. The van der Waals surface area contributed by atoms with Crippen molar-refractivity contribution in [1.29, 1.82) is 0 Å². The largest absolute Gasteiger partial charge is 0.397 e. The molecule has 1 aliphatic heterocycles. The third-order valence-corrected chi connectivity index (χ3v) is 4.24. The highest BCUT2D eigenvalue weighted by molar-refractivity contribution is 5.91. The second-order valence-corrected chi connectivity index (χ2v) is 5.61. The summed E-state index contributed by atoms with van der Waals surface area (Å²) in [6, 6.07) is 12.7. The van der Waals surface area contributed by atoms with Gasteiger partial charge in [-0.1, -0.05) is 18.2 Å². The number of anilines is 3. The van der Waals surface area contributed by atoms with Crippen molar-refractivity contribution in [3.05, 3.63) is 48.2 Å². The summed E-state index contributed by atoms with van der Waals surface area (Å²) in [6.07, 6.45) is 5.35. The molecule has 0 saturated carbocycles. The van der Waals surface area contributed by atoms with Crippen LogP contribution in [-0.2, 0) is 6.42 Å². The van der Waals surface area contributed by atoms with Crippen molar-refractivity contribution in [2.24, 2.45) is 0 Å². The fourth-order valence-electron chi connectivity index (χ4n) is 3.17. The fourth-order valence-corrected chi connectivity index (χ4v) is 3.17. The molecule has 4 rings (SSSR count). The van der Waals surface area contributed by atoms with Crippen molar-refractivity contribution in [2.75, 3.05) is 17.2 Å². The van der Waals surface area contributed by atoms with E-state index in [1.54, 1.807) is 0 Å². The highest BCUT2D eigenvalue weighted by atomic mass is 15.2. The van der Waals surface area contributed by atoms with Gasteiger partial charge in [0.2, 0.25) is 0 Å². The summed E-state index contributed by atoms with van der Waals surface area (Å²) < 4.78 is 0. The molecule has 4 nitrogen and oxygen atoms in total. The van der Waals surface area contributed by atoms with Gasteiger partial charge < -0.3 is 10.6 Å². The summed E-state index contributed by atoms with van der Waals surface area (Å²) in [4.78, 5) is 2.35. The number of nitrogens with one attached hydrogen (secondary N) is 1. The second kappa shape index (κ2) is 4.81. The van der Waals surface area contributed by atoms with Gasteiger partial charge in [-0.15, -0.1) is 0 Å². The Morgan fingerprint density at radius 3 is 2.95 bits per heavy atom. The van der Waals surface area contributed by atoms with E-state index in [0.717, 1.165) is 35.2 Å². The number of para-hydroxylation sites is 1. The molecule has 21 heavy (non-hydrogen) atoms. The van der Waals surface area contributed by atoms with Crippen molar-refractivity contribution in [3.63, 3.8) is 0 Å². The number of H-pyrrole nitrogens is 1. The average Bonchev–Trinajstić information content (AvgIpc) is 2.84. The molecule has 0 saturated heterocycles. The Morgan fingerprint density at radius 1 is 1.10 bits per heavy atom. The van der Waals surface area contributed by atoms with E-state index in [1.807, 2.05) is 12.3 Å². The highest BCUT2D eigenvalue weighted by Crippen LogP contribution is 2.37. The van der Waals surface area contributed by atoms with Gasteiger partial charge in [0.05, 0.1) is 23.1 Å². The maximum atomic E-state index is 6.30. The quantitative estimate of drug-likeness (QED) is 0.668. The van der Waals surface area contributed by atoms with Crippen molar-refractivity contribution in [3.8, 4) is 0 Å². The molecule has 0 atom stereocenters. The van der Waals surface area contributed by atoms with Gasteiger partial charge in [0.25, 0.3) is 0 Å². The molecular weight excluding hydrogens is 260 g/mol. The van der Waals surface area contributed by atoms with E-state index in [-0.39, 0.29) is 0 Å². The lowest BCUT2D eigenvalue weighted by molar-refractivity contribution is 0.761. The zero-order valence-electron chi connectivity index (χ0n) is 11.8. The first kappa shape index (κ1) is 12.3. The molecule has 0 amide bonds. The Balaban J connectivity index is 1.89. The van der Waals surface area contributed by atoms with E-state index in [9.17, 15) is 0 Å². The summed E-state index contributed by atoms with van der Waals surface area (Å²) in [6.45, 7) is 1.00. The van der Waals surface area contributed by atoms with Crippen molar-refractivity contribution in [1.82, 2.24) is 10.2 Å². The normalized spacial score (nSPS) is 15.0. The summed E-state index contributed by atoms with van der Waals surface area (Å²) in [5, 5.41) is 8.18. The van der Waals surface area contributed by atoms with Gasteiger partial charge in [0.1, 0.15) is 0 Å². The second-order valence-electron chi connectivity index (χ2n) is 5.61. The minimum Gasteiger partial charge on any atom is -0.397 e. The van der Waals surface area contributed by atoms with Crippen LogP contribution in [0.3, 0.4) is 0 Å². The van der Waals surface area contributed by atoms with E-state index in [1.165, 1.54) is 24.1 Å². The van der Waals surface area contributed by atoms with Crippen molar-refractivity contribution in [2.45, 2.75) is 19.3 Å². The molecule has 0 fully saturated rings. The molecule has 3 aromatic rings. The van der Waals surface area contributed by atoms with Crippen molar-refractivity contribution >= 4 is 28.0 Å². The first-order valence-corrected chi connectivity index (χ1v) is 7.41. The number of aromatic nitrogens is 2. The van der Waals surface area contributed by atoms with E-state index >= 15 is 0 Å². The first-order chi connectivity index (χ1) is 10.3. The monoisotopic (exact) mass is 278 g/mol. The topological polar surface area (TPSA) is 57.9 Å². The van der Waals surface area contributed by atoms with E-state index in [0.29, 0.717) is 0 Å². The van der Waals surface area contributed by atoms with Gasteiger partial charge in [-0.25, -0.2) is 0 Å². The van der Waals surface area contributed by atoms with Crippen LogP contribution in [-0.4, -0.2) is 16.7 Å². The molecule has 1 aromatic heterocycles. The lowest BCUT2D eigenvalue weighted by Crippen LogP contribution is -2.19. The smallest absolute Gasteiger partial charge is 0.0672 e. The van der Waals surface area contributed by atoms with Crippen LogP contribution in [0.1, 0.15) is 18.4 Å². The molecule has 0 radical (unpaired) electrons. The van der Waals surface area contributed by atoms with Gasteiger partial charge in [-0.2, -0.15) is 5.10 Å². The third-order valence-electron chi connectivity index (χ3n) is 4.24. The number of hydrogen-bond acceptors (Lipinski definition) is 3. The average molecular weight is 278 g/mol. The summed E-state index contributed by atoms with van der Waals surface area (Å²) >= 11 is 0. The number of nitrogens with zero attached hydrogens (tertiary/aromatic N) is 2. The van der Waals surface area contributed by atoms with Crippen LogP contribution >= 0.6 is 0 Å². The number of nitrogens with two attached hydrogens (primary N) is 1. The minimum absolute atomic E-state index is 0.806. The maximum absolute atomic E-state index is 6.30. The molecule has 106 valence electrons. The molecule has 2 aromatic carbocycles. The van der Waals surface area contributed by atoms with E-state index in [2.05, 4.69) is 45.4 Å². The molecule has 0 unspecified atom stereocenters. The number of rotatable bonds is 1. The molecule has 0 aliphatic carbocycles. The predicted octanol–water partition coefficient (Wildman–Crippen LogP) is 3.62. The van der Waals surface area contributed by atoms with Crippen LogP contribution in [0, 0.1) is 0 Å². The molecule has 4 heteroatoms. The predicted molar refractivity (Wildman–Crippen MR) is 86.9 cm³/mol. The lowest BCUT2D eigenvalue weighted by atomic mass is 10.1. The summed E-state index contributed by atoms with van der Waals surface area (Å²) in [5.74, 6) is 0. The van der Waals surface area contributed by atoms with Gasteiger partial charge in [-0.3, -0.25) is 5.10 Å². The van der Waals surface area contributed by atoms with Gasteiger partial charge in [0, 0.05) is 17.6 Å². The van der Waals surface area contributed by atoms with Crippen LogP contribution < -0.4 is 10.6 Å². The molecule has 1 aliphatic rings. The molecule has 2 heterocycles. The SMILES string of the molecule is Nc1cc2cn[nH]c2cc1N1CCCCc2ccccc21. The van der Waals surface area contributed by atoms with Crippen LogP contribution in [0.25, 0.3) is 10.9 Å². The number of aryl methyl sites for hydroxylation is 1. The van der Waals surface area contributed by atoms with Crippen LogP contribution in [0.15, 0.2) is 42.6 Å². The Hall–Kier alpha value is -2.49. The number of fused-ring (bicyclic) bond motifs is 2. The number of hydrogen-bond donors (Lipinski definition) is 2. The fraction of sp³-hybridized carbons (Fsp3) is 0.235. The third kappa shape index (κ3) is 2.03. The first-order valence-electron chi connectivity index (χ1n) is 7.41. The minimum atomic E-state index is 0.806. The molecule has 3 N–H and O–H groups in total. The Morgan fingerprint density at radius 2 is 2.00 bits per heavy atom. The van der Waals surface area contributed by atoms with Crippen LogP contribution in [0.5, 0.6) is 0 Å². The summed E-state index contributed by atoms with van der Waals surface area (Å²) in [7, 11) is 0. The summed E-state index contributed by atoms with van der Waals surface area (Å²) in [5.41, 5.74) is 11.9. The van der Waals surface area contributed by atoms with Crippen LogP contribution in [0.4, 0.5) is 17.1 Å². The van der Waals surface area contributed by atoms with E-state index in [4.69, 9.17) is 5.73 Å². The highest BCUT2D eigenvalue weighted by Gasteiger charge is 2.18. The van der Waals surface area contributed by atoms with Crippen LogP contribution in [0.2, 0.25) is 0 Å². The van der Waals surface area contributed by atoms with Gasteiger partial charge in [-0.05, 0) is 43.0 Å².